The number of sulfonamides is 1. The van der Waals surface area contributed by atoms with Crippen LogP contribution in [0.15, 0.2) is 28.0 Å². The van der Waals surface area contributed by atoms with Crippen LogP contribution in [0.4, 0.5) is 5.69 Å². The first kappa shape index (κ1) is 16.2. The van der Waals surface area contributed by atoms with Crippen molar-refractivity contribution in [2.24, 2.45) is 0 Å². The number of nitrogens with two attached hydrogens (primary N) is 1. The number of hydrogen-bond acceptors (Lipinski definition) is 6. The maximum Gasteiger partial charge on any atom is 0.242 e. The summed E-state index contributed by atoms with van der Waals surface area (Å²) in [7, 11) is -5.79. The summed E-state index contributed by atoms with van der Waals surface area (Å²) >= 11 is 0. The van der Waals surface area contributed by atoms with Crippen LogP contribution < -0.4 is 10.5 Å². The second kappa shape index (κ2) is 5.56. The molecule has 118 valence electrons. The van der Waals surface area contributed by atoms with E-state index >= 15 is 0 Å². The maximum atomic E-state index is 12.3. The molecule has 1 aliphatic carbocycles. The van der Waals surface area contributed by atoms with Gasteiger partial charge < -0.3 is 10.5 Å². The van der Waals surface area contributed by atoms with Gasteiger partial charge in [-0.2, -0.15) is 0 Å². The molecule has 0 heterocycles. The molecular weight excluding hydrogens is 316 g/mol. The number of ether oxygens (including phenoxy) is 1. The molecule has 1 saturated carbocycles. The molecule has 0 aromatic heterocycles. The highest BCUT2D eigenvalue weighted by atomic mass is 32.2. The Balaban J connectivity index is 2.28. The van der Waals surface area contributed by atoms with E-state index in [2.05, 4.69) is 4.72 Å². The van der Waals surface area contributed by atoms with Crippen LogP contribution in [0.25, 0.3) is 0 Å². The summed E-state index contributed by atoms with van der Waals surface area (Å²) in [6, 6.07) is 3.43. The molecule has 1 fully saturated rings. The number of anilines is 1. The molecule has 0 unspecified atom stereocenters. The third kappa shape index (κ3) is 3.54. The van der Waals surface area contributed by atoms with E-state index in [0.717, 1.165) is 12.3 Å². The highest BCUT2D eigenvalue weighted by Gasteiger charge is 2.33. The van der Waals surface area contributed by atoms with E-state index in [9.17, 15) is 16.8 Å². The van der Waals surface area contributed by atoms with Gasteiger partial charge in [0.25, 0.3) is 0 Å². The van der Waals surface area contributed by atoms with Crippen LogP contribution in [0, 0.1) is 0 Å². The Labute approximate surface area is 124 Å². The van der Waals surface area contributed by atoms with Crippen LogP contribution >= 0.6 is 0 Å². The number of benzene rings is 1. The molecule has 1 aromatic carbocycles. The Bertz CT molecular complexity index is 737. The fraction of sp³-hybridized carbons (Fsp3) is 0.500. The molecule has 7 nitrogen and oxygen atoms in total. The SMILES string of the molecule is COC1CC(NS(=O)(=O)c2cc(S(C)(=O)=O)ccc2N)C1. The standard InChI is InChI=1S/C12H18N2O5S2/c1-19-9-5-8(6-9)14-21(17,18)12-7-10(20(2,15)16)3-4-11(12)13/h3-4,7-9,14H,5-6,13H2,1-2H3. The summed E-state index contributed by atoms with van der Waals surface area (Å²) in [5, 5.41) is 0. The summed E-state index contributed by atoms with van der Waals surface area (Å²) in [5.41, 5.74) is 5.68. The van der Waals surface area contributed by atoms with Crippen molar-refractivity contribution in [3.8, 4) is 0 Å². The Morgan fingerprint density at radius 3 is 2.38 bits per heavy atom. The normalized spacial score (nSPS) is 22.8. The highest BCUT2D eigenvalue weighted by molar-refractivity contribution is 7.91. The predicted molar refractivity (Wildman–Crippen MR) is 78.1 cm³/mol. The number of nitrogen functional groups attached to an aromatic ring is 1. The molecule has 0 aliphatic heterocycles. The summed E-state index contributed by atoms with van der Waals surface area (Å²) in [6.07, 6.45) is 2.23. The van der Waals surface area contributed by atoms with Crippen LogP contribution in [0.2, 0.25) is 0 Å². The number of nitrogens with one attached hydrogen (secondary N) is 1. The zero-order chi connectivity index (χ0) is 15.8. The monoisotopic (exact) mass is 334 g/mol. The lowest BCUT2D eigenvalue weighted by atomic mass is 9.90. The fourth-order valence-electron chi connectivity index (χ4n) is 2.12. The number of rotatable bonds is 5. The zero-order valence-corrected chi connectivity index (χ0v) is 13.4. The Morgan fingerprint density at radius 1 is 1.24 bits per heavy atom. The molecule has 2 rings (SSSR count). The molecule has 0 atom stereocenters. The highest BCUT2D eigenvalue weighted by Crippen LogP contribution is 2.27. The van der Waals surface area contributed by atoms with Gasteiger partial charge in [-0.25, -0.2) is 21.6 Å². The third-order valence-corrected chi connectivity index (χ3v) is 6.14. The van der Waals surface area contributed by atoms with Crippen molar-refractivity contribution in [1.82, 2.24) is 4.72 Å². The van der Waals surface area contributed by atoms with Crippen molar-refractivity contribution >= 4 is 25.5 Å². The van der Waals surface area contributed by atoms with E-state index in [4.69, 9.17) is 10.5 Å². The number of methoxy groups -OCH3 is 1. The lowest BCUT2D eigenvalue weighted by Gasteiger charge is -2.34. The van der Waals surface area contributed by atoms with E-state index in [1.807, 2.05) is 0 Å². The molecule has 0 saturated heterocycles. The summed E-state index contributed by atoms with van der Waals surface area (Å²) in [5.74, 6) is 0. The van der Waals surface area contributed by atoms with E-state index in [1.165, 1.54) is 12.1 Å². The second-order valence-corrected chi connectivity index (χ2v) is 8.82. The molecule has 3 N–H and O–H groups in total. The lowest BCUT2D eigenvalue weighted by molar-refractivity contribution is 0.0236. The van der Waals surface area contributed by atoms with Crippen LogP contribution in [-0.2, 0) is 24.6 Å². The minimum atomic E-state index is -3.86. The van der Waals surface area contributed by atoms with E-state index < -0.39 is 19.9 Å². The number of sulfone groups is 1. The second-order valence-electron chi connectivity index (χ2n) is 5.12. The van der Waals surface area contributed by atoms with Gasteiger partial charge in [0.05, 0.1) is 16.7 Å². The van der Waals surface area contributed by atoms with Gasteiger partial charge in [0.1, 0.15) is 4.90 Å². The van der Waals surface area contributed by atoms with E-state index in [-0.39, 0.29) is 27.6 Å². The fourth-order valence-corrected chi connectivity index (χ4v) is 4.26. The van der Waals surface area contributed by atoms with Crippen LogP contribution in [0.5, 0.6) is 0 Å². The van der Waals surface area contributed by atoms with Crippen molar-refractivity contribution < 1.29 is 21.6 Å². The molecule has 0 spiro atoms. The first-order valence-electron chi connectivity index (χ1n) is 6.28. The topological polar surface area (TPSA) is 116 Å². The Hall–Kier alpha value is -1.16. The van der Waals surface area contributed by atoms with E-state index in [0.29, 0.717) is 12.8 Å². The smallest absolute Gasteiger partial charge is 0.242 e. The minimum Gasteiger partial charge on any atom is -0.398 e. The first-order valence-corrected chi connectivity index (χ1v) is 9.65. The lowest BCUT2D eigenvalue weighted by Crippen LogP contribution is -2.47. The third-order valence-electron chi connectivity index (χ3n) is 3.45. The van der Waals surface area contributed by atoms with Gasteiger partial charge in [-0.1, -0.05) is 0 Å². The maximum absolute atomic E-state index is 12.3. The molecular formula is C12H18N2O5S2. The van der Waals surface area contributed by atoms with Gasteiger partial charge in [-0.3, -0.25) is 0 Å². The Kier molecular flexibility index (Phi) is 4.29. The largest absolute Gasteiger partial charge is 0.398 e. The molecule has 0 bridgehead atoms. The molecule has 1 aliphatic rings. The van der Waals surface area contributed by atoms with Crippen LogP contribution in [0.1, 0.15) is 12.8 Å². The van der Waals surface area contributed by atoms with Gasteiger partial charge in [-0.05, 0) is 31.0 Å². The van der Waals surface area contributed by atoms with Gasteiger partial charge in [0, 0.05) is 19.4 Å². The first-order chi connectivity index (χ1) is 9.63. The average Bonchev–Trinajstić information content (AvgIpc) is 2.32. The summed E-state index contributed by atoms with van der Waals surface area (Å²) < 4.78 is 55.2. The van der Waals surface area contributed by atoms with Crippen molar-refractivity contribution in [1.29, 1.82) is 0 Å². The van der Waals surface area contributed by atoms with Gasteiger partial charge in [0.15, 0.2) is 9.84 Å². The molecule has 9 heteroatoms. The van der Waals surface area contributed by atoms with Gasteiger partial charge in [0.2, 0.25) is 10.0 Å². The predicted octanol–water partition coefficient (Wildman–Crippen LogP) is 0.128. The van der Waals surface area contributed by atoms with Crippen molar-refractivity contribution in [3.05, 3.63) is 18.2 Å². The van der Waals surface area contributed by atoms with Crippen molar-refractivity contribution in [3.63, 3.8) is 0 Å². The average molecular weight is 334 g/mol. The molecule has 0 radical (unpaired) electrons. The van der Waals surface area contributed by atoms with Crippen LogP contribution in [0.3, 0.4) is 0 Å². The molecule has 0 amide bonds. The minimum absolute atomic E-state index is 0.0116. The van der Waals surface area contributed by atoms with Crippen molar-refractivity contribution in [2.75, 3.05) is 19.1 Å². The quantitative estimate of drug-likeness (QED) is 0.739. The van der Waals surface area contributed by atoms with Gasteiger partial charge >= 0.3 is 0 Å². The number of hydrogen-bond donors (Lipinski definition) is 2. The molecule has 1 aromatic rings. The molecule has 21 heavy (non-hydrogen) atoms. The summed E-state index contributed by atoms with van der Waals surface area (Å²) in [4.78, 5) is -0.299. The van der Waals surface area contributed by atoms with Gasteiger partial charge in [-0.15, -0.1) is 0 Å². The Morgan fingerprint density at radius 2 is 1.86 bits per heavy atom. The summed E-state index contributed by atoms with van der Waals surface area (Å²) in [6.45, 7) is 0. The van der Waals surface area contributed by atoms with E-state index in [1.54, 1.807) is 7.11 Å². The van der Waals surface area contributed by atoms with Crippen LogP contribution in [-0.4, -0.2) is 42.3 Å². The van der Waals surface area contributed by atoms with Crippen molar-refractivity contribution in [2.45, 2.75) is 34.8 Å². The zero-order valence-electron chi connectivity index (χ0n) is 11.7.